The van der Waals surface area contributed by atoms with Crippen molar-refractivity contribution in [3.05, 3.63) is 33.3 Å². The summed E-state index contributed by atoms with van der Waals surface area (Å²) in [6, 6.07) is 4.21. The maximum Gasteiger partial charge on any atom is 0.407 e. The zero-order valence-electron chi connectivity index (χ0n) is 14.2. The fourth-order valence-corrected chi connectivity index (χ4v) is 3.43. The molecule has 1 saturated heterocycles. The first-order valence-corrected chi connectivity index (χ1v) is 8.10. The van der Waals surface area contributed by atoms with Gasteiger partial charge in [0.2, 0.25) is 0 Å². The number of carboxylic acid groups (broad SMARTS) is 1. The number of non-ortho nitro benzene ring substituents is 1. The van der Waals surface area contributed by atoms with Gasteiger partial charge in [0.15, 0.2) is 0 Å². The van der Waals surface area contributed by atoms with Gasteiger partial charge in [-0.25, -0.2) is 4.79 Å². The smallest absolute Gasteiger partial charge is 0.407 e. The lowest BCUT2D eigenvalue weighted by Gasteiger charge is -2.51. The van der Waals surface area contributed by atoms with Crippen LogP contribution in [-0.4, -0.2) is 46.2 Å². The minimum Gasteiger partial charge on any atom is -0.465 e. The summed E-state index contributed by atoms with van der Waals surface area (Å²) < 4.78 is 0. The van der Waals surface area contributed by atoms with Gasteiger partial charge in [-0.1, -0.05) is 32.4 Å². The number of amides is 1. The van der Waals surface area contributed by atoms with Crippen molar-refractivity contribution in [1.82, 2.24) is 4.90 Å². The van der Waals surface area contributed by atoms with Crippen LogP contribution in [0.15, 0.2) is 18.2 Å². The zero-order chi connectivity index (χ0) is 18.2. The number of piperazine rings is 1. The van der Waals surface area contributed by atoms with E-state index in [9.17, 15) is 20.0 Å². The van der Waals surface area contributed by atoms with Crippen molar-refractivity contribution in [3.8, 4) is 0 Å². The molecule has 1 heterocycles. The van der Waals surface area contributed by atoms with E-state index in [1.54, 1.807) is 6.07 Å². The summed E-state index contributed by atoms with van der Waals surface area (Å²) in [5.74, 6) is 0. The number of anilines is 1. The van der Waals surface area contributed by atoms with Gasteiger partial charge in [-0.15, -0.1) is 0 Å². The predicted octanol–water partition coefficient (Wildman–Crippen LogP) is 3.85. The van der Waals surface area contributed by atoms with Crippen molar-refractivity contribution in [1.29, 1.82) is 0 Å². The van der Waals surface area contributed by atoms with Gasteiger partial charge in [-0.05, 0) is 18.4 Å². The summed E-state index contributed by atoms with van der Waals surface area (Å²) in [4.78, 5) is 25.3. The van der Waals surface area contributed by atoms with E-state index in [1.165, 1.54) is 17.0 Å². The third-order valence-corrected chi connectivity index (χ3v) is 4.68. The fourth-order valence-electron chi connectivity index (χ4n) is 3.16. The Morgan fingerprint density at radius 2 is 2.00 bits per heavy atom. The average molecular weight is 356 g/mol. The summed E-state index contributed by atoms with van der Waals surface area (Å²) in [7, 11) is 0. The lowest BCUT2D eigenvalue weighted by atomic mass is 9.82. The lowest BCUT2D eigenvalue weighted by Crippen LogP contribution is -2.63. The van der Waals surface area contributed by atoms with Crippen molar-refractivity contribution in [2.24, 2.45) is 5.41 Å². The van der Waals surface area contributed by atoms with Crippen LogP contribution in [0.2, 0.25) is 5.02 Å². The van der Waals surface area contributed by atoms with Crippen LogP contribution < -0.4 is 4.90 Å². The molecule has 1 aromatic carbocycles. The van der Waals surface area contributed by atoms with Crippen molar-refractivity contribution in [3.63, 3.8) is 0 Å². The van der Waals surface area contributed by atoms with E-state index in [2.05, 4.69) is 4.90 Å². The van der Waals surface area contributed by atoms with Gasteiger partial charge < -0.3 is 14.9 Å². The molecule has 0 aromatic heterocycles. The Balaban J connectivity index is 2.46. The van der Waals surface area contributed by atoms with E-state index in [1.807, 2.05) is 27.7 Å². The molecule has 0 saturated carbocycles. The normalized spacial score (nSPS) is 21.7. The SMILES string of the molecule is CC1CN(C(=O)O)CC(C(C)(C)C)N1c1ccc([N+](=O)[O-])cc1Cl. The molecule has 0 spiro atoms. The molecule has 7 nitrogen and oxygen atoms in total. The highest BCUT2D eigenvalue weighted by Gasteiger charge is 2.41. The summed E-state index contributed by atoms with van der Waals surface area (Å²) in [5.41, 5.74) is 0.431. The molecule has 1 aliphatic rings. The van der Waals surface area contributed by atoms with Crippen LogP contribution in [0.1, 0.15) is 27.7 Å². The summed E-state index contributed by atoms with van der Waals surface area (Å²) in [5, 5.41) is 20.6. The minimum atomic E-state index is -0.939. The molecule has 1 N–H and O–H groups in total. The van der Waals surface area contributed by atoms with Gasteiger partial charge >= 0.3 is 6.09 Å². The quantitative estimate of drug-likeness (QED) is 0.643. The van der Waals surface area contributed by atoms with E-state index in [-0.39, 0.29) is 23.2 Å². The van der Waals surface area contributed by atoms with E-state index >= 15 is 0 Å². The number of nitrogens with zero attached hydrogens (tertiary/aromatic N) is 3. The second-order valence-electron chi connectivity index (χ2n) is 7.22. The Kier molecular flexibility index (Phi) is 4.94. The van der Waals surface area contributed by atoms with Crippen LogP contribution in [0.4, 0.5) is 16.2 Å². The van der Waals surface area contributed by atoms with E-state index in [4.69, 9.17) is 11.6 Å². The monoisotopic (exact) mass is 355 g/mol. The standard InChI is InChI=1S/C16H22ClN3O4/c1-10-8-18(15(21)22)9-14(16(2,3)4)19(10)13-6-5-11(20(23)24)7-12(13)17/h5-7,10,14H,8-9H2,1-4H3,(H,21,22). The number of rotatable bonds is 2. The summed E-state index contributed by atoms with van der Waals surface area (Å²) >= 11 is 6.31. The Morgan fingerprint density at radius 1 is 1.38 bits per heavy atom. The summed E-state index contributed by atoms with van der Waals surface area (Å²) in [6.07, 6.45) is -0.939. The molecule has 1 aliphatic heterocycles. The first-order valence-electron chi connectivity index (χ1n) is 7.72. The topological polar surface area (TPSA) is 86.9 Å². The third kappa shape index (κ3) is 3.56. The van der Waals surface area contributed by atoms with Crippen molar-refractivity contribution in [2.45, 2.75) is 39.8 Å². The highest BCUT2D eigenvalue weighted by atomic mass is 35.5. The second kappa shape index (κ2) is 6.47. The van der Waals surface area contributed by atoms with Gasteiger partial charge in [-0.2, -0.15) is 0 Å². The van der Waals surface area contributed by atoms with E-state index < -0.39 is 11.0 Å². The lowest BCUT2D eigenvalue weighted by molar-refractivity contribution is -0.384. The molecular weight excluding hydrogens is 334 g/mol. The van der Waals surface area contributed by atoms with Crippen molar-refractivity contribution < 1.29 is 14.8 Å². The molecule has 0 aliphatic carbocycles. The molecule has 1 aromatic rings. The molecule has 0 radical (unpaired) electrons. The first kappa shape index (κ1) is 18.3. The van der Waals surface area contributed by atoms with E-state index in [0.717, 1.165) is 0 Å². The molecule has 2 rings (SSSR count). The number of carbonyl (C=O) groups is 1. The molecule has 2 unspecified atom stereocenters. The minimum absolute atomic E-state index is 0.0621. The molecule has 24 heavy (non-hydrogen) atoms. The third-order valence-electron chi connectivity index (χ3n) is 4.38. The van der Waals surface area contributed by atoms with Crippen molar-refractivity contribution in [2.75, 3.05) is 18.0 Å². The highest BCUT2D eigenvalue weighted by Crippen LogP contribution is 2.38. The van der Waals surface area contributed by atoms with Crippen LogP contribution in [0.3, 0.4) is 0 Å². The van der Waals surface area contributed by atoms with Crippen LogP contribution in [-0.2, 0) is 0 Å². The molecule has 0 bridgehead atoms. The molecule has 2 atom stereocenters. The average Bonchev–Trinajstić information content (AvgIpc) is 2.45. The Bertz CT molecular complexity index is 659. The largest absolute Gasteiger partial charge is 0.465 e. The highest BCUT2D eigenvalue weighted by molar-refractivity contribution is 6.33. The maximum atomic E-state index is 11.4. The molecule has 1 amide bonds. The number of benzene rings is 1. The molecule has 8 heteroatoms. The van der Waals surface area contributed by atoms with Gasteiger partial charge in [0.1, 0.15) is 0 Å². The van der Waals surface area contributed by atoms with Crippen LogP contribution in [0.5, 0.6) is 0 Å². The van der Waals surface area contributed by atoms with Gasteiger partial charge in [0.05, 0.1) is 21.7 Å². The number of nitro benzene ring substituents is 1. The van der Waals surface area contributed by atoms with E-state index in [0.29, 0.717) is 23.8 Å². The Labute approximate surface area is 146 Å². The van der Waals surface area contributed by atoms with Gasteiger partial charge in [0, 0.05) is 31.3 Å². The Morgan fingerprint density at radius 3 is 2.46 bits per heavy atom. The second-order valence-corrected chi connectivity index (χ2v) is 7.63. The van der Waals surface area contributed by atoms with Gasteiger partial charge in [0.25, 0.3) is 5.69 Å². The number of hydrogen-bond donors (Lipinski definition) is 1. The molecule has 132 valence electrons. The maximum absolute atomic E-state index is 11.4. The summed E-state index contributed by atoms with van der Waals surface area (Å²) in [6.45, 7) is 8.78. The fraction of sp³-hybridized carbons (Fsp3) is 0.562. The number of hydrogen-bond acceptors (Lipinski definition) is 4. The number of nitro groups is 1. The van der Waals surface area contributed by atoms with Crippen LogP contribution in [0.25, 0.3) is 0 Å². The first-order chi connectivity index (χ1) is 11.0. The van der Waals surface area contributed by atoms with Crippen LogP contribution >= 0.6 is 11.6 Å². The predicted molar refractivity (Wildman–Crippen MR) is 92.9 cm³/mol. The van der Waals surface area contributed by atoms with Crippen molar-refractivity contribution >= 4 is 29.1 Å². The van der Waals surface area contributed by atoms with Gasteiger partial charge in [-0.3, -0.25) is 10.1 Å². The molecule has 1 fully saturated rings. The zero-order valence-corrected chi connectivity index (χ0v) is 14.9. The van der Waals surface area contributed by atoms with Crippen LogP contribution in [0, 0.1) is 15.5 Å². The number of halogens is 1. The molecular formula is C16H22ClN3O4. The Hall–Kier alpha value is -2.02.